The van der Waals surface area contributed by atoms with Gasteiger partial charge in [-0.25, -0.2) is 0 Å². The monoisotopic (exact) mass is 484 g/mol. The zero-order chi connectivity index (χ0) is 24.9. The second kappa shape index (κ2) is 11.1. The summed E-state index contributed by atoms with van der Waals surface area (Å²) < 4.78 is 1.45. The van der Waals surface area contributed by atoms with Crippen LogP contribution in [0.15, 0.2) is 54.6 Å². The molecule has 2 aliphatic carbocycles. The maximum Gasteiger partial charge on any atom is 0.276 e. The number of nitrogens with one attached hydrogen (secondary N) is 2. The maximum absolute atomic E-state index is 12.9. The average molecular weight is 485 g/mol. The Morgan fingerprint density at radius 2 is 1.14 bits per heavy atom. The average Bonchev–Trinajstić information content (AvgIpc) is 3.32. The van der Waals surface area contributed by atoms with Gasteiger partial charge in [0.05, 0.1) is 0 Å². The second-order valence-electron chi connectivity index (χ2n) is 10.4. The van der Waals surface area contributed by atoms with Crippen LogP contribution in [0.1, 0.15) is 108 Å². The summed E-state index contributed by atoms with van der Waals surface area (Å²) in [5.41, 5.74) is 4.71. The van der Waals surface area contributed by atoms with Gasteiger partial charge in [-0.15, -0.1) is 0 Å². The van der Waals surface area contributed by atoms with Gasteiger partial charge in [-0.3, -0.25) is 14.3 Å². The van der Waals surface area contributed by atoms with Crippen molar-refractivity contribution in [1.29, 1.82) is 0 Å². The van der Waals surface area contributed by atoms with E-state index in [-0.39, 0.29) is 17.5 Å². The summed E-state index contributed by atoms with van der Waals surface area (Å²) in [6.07, 6.45) is 12.8. The Balaban J connectivity index is 1.19. The van der Waals surface area contributed by atoms with Crippen LogP contribution in [0.5, 0.6) is 0 Å². The molecule has 0 unspecified atom stereocenters. The highest BCUT2D eigenvalue weighted by atomic mass is 16.2. The molecule has 2 saturated carbocycles. The van der Waals surface area contributed by atoms with Crippen LogP contribution in [0.25, 0.3) is 0 Å². The van der Waals surface area contributed by atoms with Gasteiger partial charge in [0.2, 0.25) is 0 Å². The zero-order valence-corrected chi connectivity index (χ0v) is 21.1. The van der Waals surface area contributed by atoms with Gasteiger partial charge in [0.15, 0.2) is 5.69 Å². The molecule has 3 aromatic rings. The highest BCUT2D eigenvalue weighted by Gasteiger charge is 2.20. The van der Waals surface area contributed by atoms with Crippen LogP contribution in [0.4, 0.5) is 11.4 Å². The Bertz CT molecular complexity index is 1180. The smallest absolute Gasteiger partial charge is 0.276 e. The Hall–Kier alpha value is -3.41. The summed E-state index contributed by atoms with van der Waals surface area (Å²) in [4.78, 5) is 25.7. The molecule has 5 rings (SSSR count). The van der Waals surface area contributed by atoms with E-state index < -0.39 is 0 Å². The van der Waals surface area contributed by atoms with Crippen LogP contribution in [0, 0.1) is 0 Å². The predicted molar refractivity (Wildman–Crippen MR) is 144 cm³/mol. The molecule has 0 atom stereocenters. The highest BCUT2D eigenvalue weighted by Crippen LogP contribution is 2.34. The summed E-state index contributed by atoms with van der Waals surface area (Å²) in [5.74, 6) is 0.645. The van der Waals surface area contributed by atoms with E-state index in [2.05, 4.69) is 40.0 Å². The van der Waals surface area contributed by atoms with Gasteiger partial charge in [0, 0.05) is 24.5 Å². The van der Waals surface area contributed by atoms with Crippen LogP contribution in [-0.2, 0) is 7.05 Å². The lowest BCUT2D eigenvalue weighted by Crippen LogP contribution is -2.16. The minimum Gasteiger partial charge on any atom is -0.321 e. The van der Waals surface area contributed by atoms with E-state index in [1.54, 1.807) is 7.05 Å². The predicted octanol–water partition coefficient (Wildman–Crippen LogP) is 7.02. The molecule has 6 nitrogen and oxygen atoms in total. The standard InChI is InChI=1S/C30H36N4O2/c1-34-28(30(36)32-26-18-14-24(15-19-26)22-10-6-3-7-11-22)20-27(33-34)29(35)31-25-16-12-23(13-17-25)21-8-4-2-5-9-21/h12-22H,2-11H2,1H3,(H,31,35)(H,32,36). The number of aryl methyl sites for hydroxylation is 1. The normalized spacial score (nSPS) is 17.0. The number of rotatable bonds is 6. The van der Waals surface area contributed by atoms with Crippen LogP contribution < -0.4 is 10.6 Å². The van der Waals surface area contributed by atoms with Crippen molar-refractivity contribution in [1.82, 2.24) is 9.78 Å². The van der Waals surface area contributed by atoms with Crippen molar-refractivity contribution in [2.24, 2.45) is 7.05 Å². The molecule has 188 valence electrons. The third-order valence-corrected chi connectivity index (χ3v) is 7.84. The molecule has 0 bridgehead atoms. The molecule has 2 amide bonds. The van der Waals surface area contributed by atoms with E-state index >= 15 is 0 Å². The Morgan fingerprint density at radius 1 is 0.694 bits per heavy atom. The molecule has 1 heterocycles. The topological polar surface area (TPSA) is 76.0 Å². The number of nitrogens with zero attached hydrogens (tertiary/aromatic N) is 2. The van der Waals surface area contributed by atoms with E-state index in [9.17, 15) is 9.59 Å². The summed E-state index contributed by atoms with van der Waals surface area (Å²) in [6.45, 7) is 0. The number of amides is 2. The van der Waals surface area contributed by atoms with Gasteiger partial charge in [0.1, 0.15) is 5.69 Å². The lowest BCUT2D eigenvalue weighted by Gasteiger charge is -2.22. The molecular formula is C30H36N4O2. The Labute approximate surface area is 213 Å². The van der Waals surface area contributed by atoms with Crippen LogP contribution in [-0.4, -0.2) is 21.6 Å². The lowest BCUT2D eigenvalue weighted by molar-refractivity contribution is 0.101. The SMILES string of the molecule is Cn1nc(C(=O)Nc2ccc(C3CCCCC3)cc2)cc1C(=O)Nc1ccc(C2CCCCC2)cc1. The van der Waals surface area contributed by atoms with Gasteiger partial charge in [-0.05, 0) is 72.9 Å². The fraction of sp³-hybridized carbons (Fsp3) is 0.433. The number of benzene rings is 2. The summed E-state index contributed by atoms with van der Waals surface area (Å²) >= 11 is 0. The number of carbonyl (C=O) groups excluding carboxylic acids is 2. The van der Waals surface area contributed by atoms with E-state index in [4.69, 9.17) is 0 Å². The number of carbonyl (C=O) groups is 2. The van der Waals surface area contributed by atoms with Crippen molar-refractivity contribution in [2.75, 3.05) is 10.6 Å². The molecule has 6 heteroatoms. The van der Waals surface area contributed by atoms with Gasteiger partial charge < -0.3 is 10.6 Å². The first-order valence-electron chi connectivity index (χ1n) is 13.4. The molecule has 2 fully saturated rings. The molecular weight excluding hydrogens is 448 g/mol. The van der Waals surface area contributed by atoms with Crippen molar-refractivity contribution < 1.29 is 9.59 Å². The zero-order valence-electron chi connectivity index (χ0n) is 21.1. The van der Waals surface area contributed by atoms with Crippen molar-refractivity contribution >= 4 is 23.2 Å². The molecule has 0 spiro atoms. The summed E-state index contributed by atoms with van der Waals surface area (Å²) in [7, 11) is 1.68. The van der Waals surface area contributed by atoms with Crippen molar-refractivity contribution in [3.8, 4) is 0 Å². The minimum absolute atomic E-state index is 0.214. The molecule has 0 radical (unpaired) electrons. The molecule has 2 aromatic carbocycles. The summed E-state index contributed by atoms with van der Waals surface area (Å²) in [5, 5.41) is 10.1. The summed E-state index contributed by atoms with van der Waals surface area (Å²) in [6, 6.07) is 17.8. The number of hydrogen-bond acceptors (Lipinski definition) is 3. The number of hydrogen-bond donors (Lipinski definition) is 2. The second-order valence-corrected chi connectivity index (χ2v) is 10.4. The first kappa shape index (κ1) is 24.3. The van der Waals surface area contributed by atoms with Gasteiger partial charge >= 0.3 is 0 Å². The Kier molecular flexibility index (Phi) is 7.49. The third-order valence-electron chi connectivity index (χ3n) is 7.84. The molecule has 1 aromatic heterocycles. The van der Waals surface area contributed by atoms with Crippen molar-refractivity contribution in [2.45, 2.75) is 76.0 Å². The quantitative estimate of drug-likeness (QED) is 0.395. The van der Waals surface area contributed by atoms with E-state index in [0.29, 0.717) is 17.5 Å². The molecule has 2 N–H and O–H groups in total. The number of anilines is 2. The minimum atomic E-state index is -0.327. The first-order chi connectivity index (χ1) is 17.6. The fourth-order valence-corrected chi connectivity index (χ4v) is 5.73. The van der Waals surface area contributed by atoms with Gasteiger partial charge in [-0.1, -0.05) is 62.8 Å². The molecule has 0 aliphatic heterocycles. The van der Waals surface area contributed by atoms with E-state index in [1.807, 2.05) is 24.3 Å². The highest BCUT2D eigenvalue weighted by molar-refractivity contribution is 6.07. The first-order valence-corrected chi connectivity index (χ1v) is 13.4. The maximum atomic E-state index is 12.9. The van der Waals surface area contributed by atoms with E-state index in [0.717, 1.165) is 11.4 Å². The van der Waals surface area contributed by atoms with Crippen molar-refractivity contribution in [3.05, 3.63) is 77.1 Å². The van der Waals surface area contributed by atoms with Gasteiger partial charge in [0.25, 0.3) is 11.8 Å². The van der Waals surface area contributed by atoms with Crippen LogP contribution in [0.2, 0.25) is 0 Å². The molecule has 0 saturated heterocycles. The largest absolute Gasteiger partial charge is 0.321 e. The lowest BCUT2D eigenvalue weighted by atomic mass is 9.84. The molecule has 2 aliphatic rings. The van der Waals surface area contributed by atoms with Crippen molar-refractivity contribution in [3.63, 3.8) is 0 Å². The van der Waals surface area contributed by atoms with Gasteiger partial charge in [-0.2, -0.15) is 5.10 Å². The Morgan fingerprint density at radius 3 is 1.61 bits per heavy atom. The van der Waals surface area contributed by atoms with Crippen LogP contribution in [0.3, 0.4) is 0 Å². The fourth-order valence-electron chi connectivity index (χ4n) is 5.73. The number of aromatic nitrogens is 2. The van der Waals surface area contributed by atoms with E-state index in [1.165, 1.54) is 86.1 Å². The van der Waals surface area contributed by atoms with Crippen LogP contribution >= 0.6 is 0 Å². The third kappa shape index (κ3) is 5.69. The molecule has 36 heavy (non-hydrogen) atoms.